The zero-order valence-corrected chi connectivity index (χ0v) is 17.3. The molecule has 2 fully saturated rings. The van der Waals surface area contributed by atoms with Gasteiger partial charge in [-0.3, -0.25) is 14.6 Å². The van der Waals surface area contributed by atoms with Crippen molar-refractivity contribution < 1.29 is 32.6 Å². The van der Waals surface area contributed by atoms with E-state index in [0.717, 1.165) is 12.8 Å². The first kappa shape index (κ1) is 22.1. The number of carbonyl (C=O) groups excluding carboxylic acids is 2. The number of halogens is 2. The van der Waals surface area contributed by atoms with Gasteiger partial charge in [-0.05, 0) is 24.8 Å². The lowest BCUT2D eigenvalue weighted by Crippen LogP contribution is -2.30. The Bertz CT molecular complexity index is 960. The van der Waals surface area contributed by atoms with E-state index in [-0.39, 0.29) is 36.0 Å². The number of hydrogen-bond donors (Lipinski definition) is 3. The normalized spacial score (nSPS) is 20.5. The van der Waals surface area contributed by atoms with E-state index in [4.69, 9.17) is 9.47 Å². The lowest BCUT2D eigenvalue weighted by Gasteiger charge is -2.11. The van der Waals surface area contributed by atoms with Crippen LogP contribution < -0.4 is 10.6 Å². The molecule has 0 bridgehead atoms. The molecule has 1 saturated carbocycles. The minimum absolute atomic E-state index is 0.158. The van der Waals surface area contributed by atoms with Gasteiger partial charge >= 0.3 is 12.7 Å². The van der Waals surface area contributed by atoms with Crippen LogP contribution in [0.2, 0.25) is 0 Å². The minimum atomic E-state index is -2.92. The number of anilines is 1. The first-order valence-electron chi connectivity index (χ1n) is 10.2. The summed E-state index contributed by atoms with van der Waals surface area (Å²) in [7, 11) is 1.52. The maximum absolute atomic E-state index is 12.5. The Morgan fingerprint density at radius 3 is 2.94 bits per heavy atom. The second-order valence-corrected chi connectivity index (χ2v) is 7.79. The summed E-state index contributed by atoms with van der Waals surface area (Å²) in [4.78, 5) is 24.3. The van der Waals surface area contributed by atoms with Crippen molar-refractivity contribution in [3.05, 3.63) is 29.2 Å². The predicted molar refractivity (Wildman–Crippen MR) is 105 cm³/mol. The van der Waals surface area contributed by atoms with E-state index in [1.807, 2.05) is 0 Å². The molecule has 1 aliphatic carbocycles. The summed E-state index contributed by atoms with van der Waals surface area (Å²) in [5.41, 5.74) is 0.984. The molecule has 1 aliphatic heterocycles. The predicted octanol–water partition coefficient (Wildman–Crippen LogP) is 2.10. The maximum Gasteiger partial charge on any atom is 0.407 e. The van der Waals surface area contributed by atoms with Gasteiger partial charge in [0.25, 0.3) is 5.91 Å². The fourth-order valence-corrected chi connectivity index (χ4v) is 3.34. The van der Waals surface area contributed by atoms with E-state index in [0.29, 0.717) is 24.6 Å². The van der Waals surface area contributed by atoms with Gasteiger partial charge in [-0.2, -0.15) is 19.0 Å². The van der Waals surface area contributed by atoms with Crippen molar-refractivity contribution in [2.75, 3.05) is 18.5 Å². The van der Waals surface area contributed by atoms with Crippen LogP contribution in [0.5, 0.6) is 0 Å². The van der Waals surface area contributed by atoms with Gasteiger partial charge < -0.3 is 24.8 Å². The van der Waals surface area contributed by atoms with Crippen molar-refractivity contribution in [1.82, 2.24) is 25.3 Å². The van der Waals surface area contributed by atoms with Crippen molar-refractivity contribution >= 4 is 17.8 Å². The molecule has 174 valence electrons. The highest BCUT2D eigenvalue weighted by Crippen LogP contribution is 2.31. The average Bonchev–Trinajstić information content (AvgIpc) is 3.10. The van der Waals surface area contributed by atoms with E-state index in [1.165, 1.54) is 17.8 Å². The summed E-state index contributed by atoms with van der Waals surface area (Å²) in [6.07, 6.45) is 1.57. The summed E-state index contributed by atoms with van der Waals surface area (Å²) in [6, 6.07) is 2.98. The lowest BCUT2D eigenvalue weighted by atomic mass is 10.1. The summed E-state index contributed by atoms with van der Waals surface area (Å²) in [5.74, 6) is 0.312. The van der Waals surface area contributed by atoms with Gasteiger partial charge in [0.15, 0.2) is 5.82 Å². The van der Waals surface area contributed by atoms with Crippen molar-refractivity contribution in [3.63, 3.8) is 0 Å². The Hall–Kier alpha value is -3.06. The lowest BCUT2D eigenvalue weighted by molar-refractivity contribution is -0.138. The molecule has 0 radical (unpaired) electrons. The summed E-state index contributed by atoms with van der Waals surface area (Å²) < 4.78 is 40.9. The van der Waals surface area contributed by atoms with Gasteiger partial charge in [0, 0.05) is 26.1 Å². The SMILES string of the molecule is Cn1nc(COC(F)F)cc1C(=O)Nc1cc(C2CC(OC(=O)NCC3CC3)CO2)[nH]n1. The smallest absolute Gasteiger partial charge is 0.407 e. The number of amides is 2. The Morgan fingerprint density at radius 2 is 2.19 bits per heavy atom. The standard InChI is InChI=1S/C19H24F2N6O5/c1-27-14(4-11(26-27)8-31-18(20)21)17(28)23-16-6-13(24-25-16)15-5-12(9-30-15)32-19(29)22-7-10-2-3-10/h4,6,10,12,15,18H,2-3,5,7-9H2,1H3,(H,22,29)(H2,23,24,25,28). The highest BCUT2D eigenvalue weighted by molar-refractivity contribution is 6.02. The molecule has 3 N–H and O–H groups in total. The number of alkyl halides is 2. The van der Waals surface area contributed by atoms with Crippen LogP contribution in [-0.2, 0) is 27.9 Å². The van der Waals surface area contributed by atoms with Gasteiger partial charge in [0.2, 0.25) is 0 Å². The summed E-state index contributed by atoms with van der Waals surface area (Å²) in [5, 5.41) is 16.2. The highest BCUT2D eigenvalue weighted by atomic mass is 19.3. The quantitative estimate of drug-likeness (QED) is 0.529. The van der Waals surface area contributed by atoms with Gasteiger partial charge in [-0.1, -0.05) is 0 Å². The topological polar surface area (TPSA) is 132 Å². The van der Waals surface area contributed by atoms with Gasteiger partial charge in [-0.15, -0.1) is 0 Å². The zero-order valence-electron chi connectivity index (χ0n) is 17.3. The van der Waals surface area contributed by atoms with E-state index in [9.17, 15) is 18.4 Å². The van der Waals surface area contributed by atoms with Crippen molar-refractivity contribution in [2.45, 2.75) is 44.7 Å². The second kappa shape index (κ2) is 9.61. The molecule has 13 heteroatoms. The number of nitrogens with one attached hydrogen (secondary N) is 3. The number of aryl methyl sites for hydroxylation is 1. The number of rotatable bonds is 9. The number of aromatic nitrogens is 4. The molecule has 4 rings (SSSR count). The molecule has 2 aromatic rings. The Morgan fingerprint density at radius 1 is 1.38 bits per heavy atom. The summed E-state index contributed by atoms with van der Waals surface area (Å²) in [6.45, 7) is -2.43. The van der Waals surface area contributed by atoms with Crippen LogP contribution in [0.1, 0.15) is 47.2 Å². The van der Waals surface area contributed by atoms with Crippen molar-refractivity contribution in [1.29, 1.82) is 0 Å². The molecule has 3 heterocycles. The second-order valence-electron chi connectivity index (χ2n) is 7.79. The van der Waals surface area contributed by atoms with E-state index < -0.39 is 25.2 Å². The van der Waals surface area contributed by atoms with Gasteiger partial charge in [0.05, 0.1) is 24.6 Å². The number of hydrogen-bond acceptors (Lipinski definition) is 7. The fraction of sp³-hybridized carbons (Fsp3) is 0.579. The summed E-state index contributed by atoms with van der Waals surface area (Å²) >= 11 is 0. The monoisotopic (exact) mass is 454 g/mol. The molecular weight excluding hydrogens is 430 g/mol. The van der Waals surface area contributed by atoms with Gasteiger partial charge in [-0.25, -0.2) is 4.79 Å². The Kier molecular flexibility index (Phi) is 6.65. The zero-order chi connectivity index (χ0) is 22.7. The number of carbonyl (C=O) groups is 2. The number of ether oxygens (including phenoxy) is 3. The van der Waals surface area contributed by atoms with Crippen LogP contribution in [0.15, 0.2) is 12.1 Å². The molecule has 2 aromatic heterocycles. The maximum atomic E-state index is 12.5. The number of aromatic amines is 1. The molecule has 32 heavy (non-hydrogen) atoms. The molecular formula is C19H24F2N6O5. The van der Waals surface area contributed by atoms with Crippen molar-refractivity contribution in [2.24, 2.45) is 13.0 Å². The third kappa shape index (κ3) is 5.79. The molecule has 1 saturated heterocycles. The van der Waals surface area contributed by atoms with Gasteiger partial charge in [0.1, 0.15) is 17.9 Å². The van der Waals surface area contributed by atoms with Crippen LogP contribution >= 0.6 is 0 Å². The molecule has 0 spiro atoms. The van der Waals surface area contributed by atoms with Crippen LogP contribution in [-0.4, -0.2) is 57.8 Å². The number of nitrogens with zero attached hydrogens (tertiary/aromatic N) is 3. The average molecular weight is 454 g/mol. The van der Waals surface area contributed by atoms with E-state index in [2.05, 4.69) is 30.7 Å². The largest absolute Gasteiger partial charge is 0.444 e. The molecule has 11 nitrogen and oxygen atoms in total. The molecule has 0 aromatic carbocycles. The Labute approximate surface area is 181 Å². The van der Waals surface area contributed by atoms with Crippen molar-refractivity contribution in [3.8, 4) is 0 Å². The third-order valence-electron chi connectivity index (χ3n) is 5.17. The van der Waals surface area contributed by atoms with Crippen LogP contribution in [0.4, 0.5) is 19.4 Å². The Balaban J connectivity index is 1.27. The van der Waals surface area contributed by atoms with E-state index >= 15 is 0 Å². The molecule has 2 amide bonds. The fourth-order valence-electron chi connectivity index (χ4n) is 3.34. The first-order chi connectivity index (χ1) is 15.4. The van der Waals surface area contributed by atoms with Crippen LogP contribution in [0.3, 0.4) is 0 Å². The highest BCUT2D eigenvalue weighted by Gasteiger charge is 2.31. The van der Waals surface area contributed by atoms with Crippen LogP contribution in [0, 0.1) is 5.92 Å². The number of alkyl carbamates (subject to hydrolysis) is 1. The number of H-pyrrole nitrogens is 1. The molecule has 2 atom stereocenters. The van der Waals surface area contributed by atoms with E-state index in [1.54, 1.807) is 6.07 Å². The van der Waals surface area contributed by atoms with Crippen LogP contribution in [0.25, 0.3) is 0 Å². The first-order valence-corrected chi connectivity index (χ1v) is 10.2. The molecule has 2 unspecified atom stereocenters. The minimum Gasteiger partial charge on any atom is -0.444 e. The molecule has 2 aliphatic rings. The third-order valence-corrected chi connectivity index (χ3v) is 5.17.